The first-order valence-electron chi connectivity index (χ1n) is 10.1. The molecule has 1 aromatic heterocycles. The number of aryl methyl sites for hydroxylation is 2. The molecule has 0 N–H and O–H groups in total. The summed E-state index contributed by atoms with van der Waals surface area (Å²) in [5.74, 6) is 2.17. The first-order valence-corrected chi connectivity index (χ1v) is 10.1. The van der Waals surface area contributed by atoms with Gasteiger partial charge in [0, 0.05) is 37.1 Å². The molecule has 0 saturated carbocycles. The Morgan fingerprint density at radius 1 is 0.900 bits per heavy atom. The number of ether oxygens (including phenoxy) is 2. The van der Waals surface area contributed by atoms with Crippen LogP contribution in [0.1, 0.15) is 21.5 Å². The number of aromatic nitrogens is 1. The topological polar surface area (TPSA) is 54.9 Å². The van der Waals surface area contributed by atoms with Gasteiger partial charge in [-0.3, -0.25) is 4.79 Å². The Bertz CT molecular complexity index is 1090. The van der Waals surface area contributed by atoms with E-state index in [0.29, 0.717) is 30.2 Å². The highest BCUT2D eigenvalue weighted by molar-refractivity contribution is 5.95. The van der Waals surface area contributed by atoms with Crippen molar-refractivity contribution >= 4 is 22.6 Å². The Balaban J connectivity index is 1.50. The second-order valence-electron chi connectivity index (χ2n) is 7.62. The van der Waals surface area contributed by atoms with Crippen LogP contribution in [0.3, 0.4) is 0 Å². The monoisotopic (exact) mass is 405 g/mol. The number of methoxy groups -OCH3 is 2. The molecule has 0 aliphatic carbocycles. The van der Waals surface area contributed by atoms with E-state index in [2.05, 4.69) is 43.0 Å². The highest BCUT2D eigenvalue weighted by Crippen LogP contribution is 2.29. The SMILES string of the molecule is COc1ccc(C(=O)N2CCN(c3cc(C)c4cccc(C)c4n3)CC2)cc1OC. The zero-order valence-electron chi connectivity index (χ0n) is 17.9. The molecule has 156 valence electrons. The van der Waals surface area contributed by atoms with E-state index < -0.39 is 0 Å². The first-order chi connectivity index (χ1) is 14.5. The fraction of sp³-hybridized carbons (Fsp3) is 0.333. The van der Waals surface area contributed by atoms with Gasteiger partial charge in [-0.2, -0.15) is 0 Å². The van der Waals surface area contributed by atoms with E-state index >= 15 is 0 Å². The summed E-state index contributed by atoms with van der Waals surface area (Å²) in [6.07, 6.45) is 0. The minimum absolute atomic E-state index is 0.00842. The second kappa shape index (κ2) is 8.22. The minimum Gasteiger partial charge on any atom is -0.493 e. The third kappa shape index (κ3) is 3.65. The number of amides is 1. The van der Waals surface area contributed by atoms with E-state index in [4.69, 9.17) is 14.5 Å². The number of benzene rings is 2. The predicted octanol–water partition coefficient (Wildman–Crippen LogP) is 3.83. The zero-order valence-corrected chi connectivity index (χ0v) is 17.9. The molecule has 6 nitrogen and oxygen atoms in total. The normalized spacial score (nSPS) is 14.1. The van der Waals surface area contributed by atoms with Crippen molar-refractivity contribution in [2.24, 2.45) is 0 Å². The number of anilines is 1. The van der Waals surface area contributed by atoms with Crippen molar-refractivity contribution in [1.29, 1.82) is 0 Å². The third-order valence-electron chi connectivity index (χ3n) is 5.76. The van der Waals surface area contributed by atoms with Crippen LogP contribution in [0, 0.1) is 13.8 Å². The summed E-state index contributed by atoms with van der Waals surface area (Å²) in [6, 6.07) is 13.7. The van der Waals surface area contributed by atoms with Crippen LogP contribution in [0.4, 0.5) is 5.82 Å². The lowest BCUT2D eigenvalue weighted by atomic mass is 10.1. The van der Waals surface area contributed by atoms with Gasteiger partial charge in [-0.05, 0) is 49.2 Å². The first kappa shape index (κ1) is 20.0. The van der Waals surface area contributed by atoms with Gasteiger partial charge < -0.3 is 19.3 Å². The molecule has 2 aromatic carbocycles. The molecule has 4 rings (SSSR count). The number of para-hydroxylation sites is 1. The van der Waals surface area contributed by atoms with Gasteiger partial charge in [-0.15, -0.1) is 0 Å². The fourth-order valence-corrected chi connectivity index (χ4v) is 4.00. The standard InChI is InChI=1S/C24H27N3O3/c1-16-6-5-7-19-17(2)14-22(25-23(16)19)26-10-12-27(13-11-26)24(28)18-8-9-20(29-3)21(15-18)30-4/h5-9,14-15H,10-13H2,1-4H3. The summed E-state index contributed by atoms with van der Waals surface area (Å²) in [6.45, 7) is 7.03. The van der Waals surface area contributed by atoms with Crippen molar-refractivity contribution in [3.8, 4) is 11.5 Å². The Morgan fingerprint density at radius 2 is 1.63 bits per heavy atom. The summed E-state index contributed by atoms with van der Waals surface area (Å²) < 4.78 is 10.6. The van der Waals surface area contributed by atoms with Gasteiger partial charge in [0.05, 0.1) is 19.7 Å². The molecular formula is C24H27N3O3. The molecule has 1 aliphatic heterocycles. The quantitative estimate of drug-likeness (QED) is 0.660. The highest BCUT2D eigenvalue weighted by Gasteiger charge is 2.24. The summed E-state index contributed by atoms with van der Waals surface area (Å²) >= 11 is 0. The van der Waals surface area contributed by atoms with Crippen molar-refractivity contribution in [3.05, 3.63) is 59.2 Å². The van der Waals surface area contributed by atoms with Gasteiger partial charge in [0.1, 0.15) is 5.82 Å². The van der Waals surface area contributed by atoms with Crippen molar-refractivity contribution in [3.63, 3.8) is 0 Å². The lowest BCUT2D eigenvalue weighted by molar-refractivity contribution is 0.0746. The highest BCUT2D eigenvalue weighted by atomic mass is 16.5. The predicted molar refractivity (Wildman–Crippen MR) is 119 cm³/mol. The number of fused-ring (bicyclic) bond motifs is 1. The molecule has 1 fully saturated rings. The summed E-state index contributed by atoms with van der Waals surface area (Å²) in [5.41, 5.74) is 4.06. The van der Waals surface area contributed by atoms with Crippen molar-refractivity contribution in [1.82, 2.24) is 9.88 Å². The Hall–Kier alpha value is -3.28. The average Bonchev–Trinajstić information content (AvgIpc) is 2.78. The van der Waals surface area contributed by atoms with E-state index in [1.807, 2.05) is 4.90 Å². The smallest absolute Gasteiger partial charge is 0.254 e. The maximum atomic E-state index is 13.0. The molecule has 3 aromatic rings. The number of rotatable bonds is 4. The van der Waals surface area contributed by atoms with Crippen LogP contribution in [0.5, 0.6) is 11.5 Å². The van der Waals surface area contributed by atoms with Crippen LogP contribution in [0.15, 0.2) is 42.5 Å². The Kier molecular flexibility index (Phi) is 5.48. The van der Waals surface area contributed by atoms with E-state index in [0.717, 1.165) is 24.4 Å². The van der Waals surface area contributed by atoms with Gasteiger partial charge >= 0.3 is 0 Å². The molecule has 30 heavy (non-hydrogen) atoms. The van der Waals surface area contributed by atoms with Gasteiger partial charge in [0.25, 0.3) is 5.91 Å². The molecule has 0 bridgehead atoms. The van der Waals surface area contributed by atoms with Crippen LogP contribution < -0.4 is 14.4 Å². The maximum absolute atomic E-state index is 13.0. The molecular weight excluding hydrogens is 378 g/mol. The number of pyridine rings is 1. The van der Waals surface area contributed by atoms with Crippen LogP contribution in [-0.2, 0) is 0 Å². The Morgan fingerprint density at radius 3 is 2.33 bits per heavy atom. The van der Waals surface area contributed by atoms with Crippen LogP contribution in [-0.4, -0.2) is 56.2 Å². The number of piperazine rings is 1. The molecule has 1 amide bonds. The number of carbonyl (C=O) groups excluding carboxylic acids is 1. The van der Waals surface area contributed by atoms with Crippen molar-refractivity contribution in [2.45, 2.75) is 13.8 Å². The average molecular weight is 405 g/mol. The van der Waals surface area contributed by atoms with Crippen molar-refractivity contribution < 1.29 is 14.3 Å². The van der Waals surface area contributed by atoms with E-state index in [9.17, 15) is 4.79 Å². The maximum Gasteiger partial charge on any atom is 0.254 e. The molecule has 0 spiro atoms. The van der Waals surface area contributed by atoms with E-state index in [1.165, 1.54) is 16.5 Å². The van der Waals surface area contributed by atoms with E-state index in [-0.39, 0.29) is 5.91 Å². The molecule has 6 heteroatoms. The van der Waals surface area contributed by atoms with Crippen LogP contribution >= 0.6 is 0 Å². The van der Waals surface area contributed by atoms with Gasteiger partial charge in [-0.1, -0.05) is 18.2 Å². The lowest BCUT2D eigenvalue weighted by Crippen LogP contribution is -2.49. The number of nitrogens with zero attached hydrogens (tertiary/aromatic N) is 3. The van der Waals surface area contributed by atoms with Gasteiger partial charge in [-0.25, -0.2) is 4.98 Å². The molecule has 2 heterocycles. The molecule has 0 radical (unpaired) electrons. The summed E-state index contributed by atoms with van der Waals surface area (Å²) in [4.78, 5) is 22.0. The largest absolute Gasteiger partial charge is 0.493 e. The Labute approximate surface area is 177 Å². The number of hydrogen-bond acceptors (Lipinski definition) is 5. The third-order valence-corrected chi connectivity index (χ3v) is 5.76. The summed E-state index contributed by atoms with van der Waals surface area (Å²) in [5, 5.41) is 1.20. The van der Waals surface area contributed by atoms with Gasteiger partial charge in [0.2, 0.25) is 0 Å². The molecule has 1 aliphatic rings. The number of carbonyl (C=O) groups is 1. The molecule has 0 atom stereocenters. The fourth-order valence-electron chi connectivity index (χ4n) is 4.00. The summed E-state index contributed by atoms with van der Waals surface area (Å²) in [7, 11) is 3.16. The zero-order chi connectivity index (χ0) is 21.3. The van der Waals surface area contributed by atoms with Crippen LogP contribution in [0.25, 0.3) is 10.9 Å². The van der Waals surface area contributed by atoms with Crippen molar-refractivity contribution in [2.75, 3.05) is 45.3 Å². The minimum atomic E-state index is 0.00842. The van der Waals surface area contributed by atoms with E-state index in [1.54, 1.807) is 32.4 Å². The molecule has 0 unspecified atom stereocenters. The lowest BCUT2D eigenvalue weighted by Gasteiger charge is -2.35. The molecule has 1 saturated heterocycles. The second-order valence-corrected chi connectivity index (χ2v) is 7.62. The number of hydrogen-bond donors (Lipinski definition) is 0. The van der Waals surface area contributed by atoms with Gasteiger partial charge in [0.15, 0.2) is 11.5 Å². The van der Waals surface area contributed by atoms with Crippen LogP contribution in [0.2, 0.25) is 0 Å².